The van der Waals surface area contributed by atoms with Crippen LogP contribution in [0.3, 0.4) is 0 Å². The van der Waals surface area contributed by atoms with Crippen LogP contribution in [0.25, 0.3) is 0 Å². The van der Waals surface area contributed by atoms with Gasteiger partial charge in [0.15, 0.2) is 18.7 Å². The molecule has 10 aromatic rings. The summed E-state index contributed by atoms with van der Waals surface area (Å²) < 4.78 is 0. The SMILES string of the molecule is CC.CC.CC.CC.CC.CC.CC.CC.CC.CC.CN(C)C(N(C)C)N(C#N)C#N.CN(C)C(N(C)C)N(c1ccccc1)c1ccccn1.CN(C)C(N(C)C)N(c1ccccc1)c1cccnc1.CN(C)C(N(C)C)N(c1ccccn1)c1ccccn1.CN(C)C(N(C)C)N(c1cccnc1)c1cccnc1.CN(C)C(N(C)C)N(c1ccncc1)c1ccncc1. The Morgan fingerprint density at radius 3 is 0.576 bits per heavy atom. The van der Waals surface area contributed by atoms with Crippen molar-refractivity contribution in [1.29, 1.82) is 10.5 Å². The largest absolute Gasteiger partial charge is 0.312 e. The standard InChI is InChI=1S/2C16H22N4.3C15H21N5.C7H13N5.10C2H6/c1-18(2)16(19(3)4)20(14-10-6-5-7-11-14)15-12-8-9-13-17-15;1-18(2)16(19(3)4)20(14-9-6-5-7-10-14)15-11-8-12-17-13-15;1-18(2)15(19(3)4)20(13-5-9-16-10-6-13)14-7-11-17-12-8-14;1-18(2)15(19(3)4)20(13-7-5-9-16-11-13)14-8-6-10-17-12-14;1-18(2)15(19(3)4)20(13-9-5-7-11-16-13)14-10-6-8-12-17-14;1-10(2)7(11(3)4)12(5-8)6-9;10*1-2/h2*5-13,16H,1-4H3;3*5-12,15H,1-4H3;7H,1-4H3;10*1-2H3. The number of para-hydroxylation sites is 2. The minimum absolute atomic E-state index is 0.0276. The summed E-state index contributed by atoms with van der Waals surface area (Å²) in [6, 6.07) is 58.6. The molecule has 28 heteroatoms. The van der Waals surface area contributed by atoms with Gasteiger partial charge in [0.1, 0.15) is 48.9 Å². The second-order valence-electron chi connectivity index (χ2n) is 28.3. The Bertz CT molecular complexity index is 3330. The molecule has 0 fully saturated rings. The Hall–Kier alpha value is -11.1. The van der Waals surface area contributed by atoms with Gasteiger partial charge in [-0.25, -0.2) is 15.0 Å². The number of anilines is 10. The molecule has 132 heavy (non-hydrogen) atoms. The first kappa shape index (κ1) is 132. The predicted molar refractivity (Wildman–Crippen MR) is 571 cm³/mol. The lowest BCUT2D eigenvalue weighted by Gasteiger charge is -2.41. The molecule has 0 radical (unpaired) electrons. The lowest BCUT2D eigenvalue weighted by atomic mass is 10.2. The van der Waals surface area contributed by atoms with Crippen molar-refractivity contribution < 1.29 is 0 Å². The molecule has 0 bridgehead atoms. The number of benzene rings is 2. The van der Waals surface area contributed by atoms with Gasteiger partial charge in [-0.2, -0.15) is 15.4 Å². The number of hydrogen-bond donors (Lipinski definition) is 0. The summed E-state index contributed by atoms with van der Waals surface area (Å²) in [6.45, 7) is 40.0. The van der Waals surface area contributed by atoms with Gasteiger partial charge in [-0.1, -0.05) is 193 Å². The molecular formula is C104H180N28. The fourth-order valence-corrected chi connectivity index (χ4v) is 12.8. The van der Waals surface area contributed by atoms with E-state index >= 15 is 0 Å². The van der Waals surface area contributed by atoms with Crippen LogP contribution in [0.1, 0.15) is 138 Å². The molecule has 2 aromatic carbocycles. The third kappa shape index (κ3) is 48.4. The molecule has 0 aliphatic heterocycles. The average molecular weight is 1820 g/mol. The van der Waals surface area contributed by atoms with E-state index in [1.807, 2.05) is 366 Å². The van der Waals surface area contributed by atoms with E-state index in [9.17, 15) is 0 Å². The van der Waals surface area contributed by atoms with Crippen LogP contribution in [0.5, 0.6) is 0 Å². The topological polar surface area (TPSA) is 209 Å². The maximum atomic E-state index is 8.59. The highest BCUT2D eigenvalue weighted by molar-refractivity contribution is 5.66. The summed E-state index contributed by atoms with van der Waals surface area (Å²) >= 11 is 0. The van der Waals surface area contributed by atoms with Crippen LogP contribution in [0.15, 0.2) is 256 Å². The Morgan fingerprint density at radius 2 is 0.371 bits per heavy atom. The second-order valence-corrected chi connectivity index (χ2v) is 28.3. The maximum Gasteiger partial charge on any atom is 0.196 e. The molecule has 8 aromatic heterocycles. The normalized spacial score (nSPS) is 9.97. The molecular weight excluding hydrogens is 1640 g/mol. The average Bonchev–Trinajstić information content (AvgIpc) is 0.831. The van der Waals surface area contributed by atoms with Crippen molar-refractivity contribution >= 4 is 57.3 Å². The summed E-state index contributed by atoms with van der Waals surface area (Å²) in [5.74, 6) is 2.68. The number of nitriles is 2. The smallest absolute Gasteiger partial charge is 0.196 e. The molecule has 10 rings (SSSR count). The molecule has 0 N–H and O–H groups in total. The second kappa shape index (κ2) is 83.0. The van der Waals surface area contributed by atoms with Gasteiger partial charge in [-0.05, 0) is 290 Å². The monoisotopic (exact) mass is 1820 g/mol. The third-order valence-corrected chi connectivity index (χ3v) is 16.6. The minimum Gasteiger partial charge on any atom is -0.312 e. The van der Waals surface area contributed by atoms with E-state index in [1.54, 1.807) is 53.2 Å². The number of hydrogen-bond acceptors (Lipinski definition) is 28. The van der Waals surface area contributed by atoms with Crippen LogP contribution in [-0.4, -0.2) is 310 Å². The summed E-state index contributed by atoms with van der Waals surface area (Å²) in [7, 11) is 48.6. The minimum atomic E-state index is -0.306. The molecule has 28 nitrogen and oxygen atoms in total. The van der Waals surface area contributed by atoms with Crippen molar-refractivity contribution in [2.45, 2.75) is 176 Å². The van der Waals surface area contributed by atoms with Crippen LogP contribution in [-0.2, 0) is 0 Å². The van der Waals surface area contributed by atoms with E-state index < -0.39 is 0 Å². The summed E-state index contributed by atoms with van der Waals surface area (Å²) in [4.78, 5) is 71.6. The van der Waals surface area contributed by atoms with Crippen molar-refractivity contribution in [3.8, 4) is 12.4 Å². The Morgan fingerprint density at radius 1 is 0.182 bits per heavy atom. The molecule has 0 saturated carbocycles. The van der Waals surface area contributed by atoms with Crippen LogP contribution < -0.4 is 24.5 Å². The number of rotatable bonds is 28. The fraction of sp³-hybridized carbons (Fsp3) is 0.481. The highest BCUT2D eigenvalue weighted by atomic mass is 15.5. The number of pyridine rings is 8. The summed E-state index contributed by atoms with van der Waals surface area (Å²) in [6.07, 6.45) is 27.4. The Labute approximate surface area is 805 Å². The highest BCUT2D eigenvalue weighted by Crippen LogP contribution is 2.33. The zero-order valence-corrected chi connectivity index (χ0v) is 90.2. The van der Waals surface area contributed by atoms with Crippen LogP contribution >= 0.6 is 0 Å². The van der Waals surface area contributed by atoms with Crippen molar-refractivity contribution in [3.05, 3.63) is 256 Å². The van der Waals surface area contributed by atoms with Gasteiger partial charge in [0.25, 0.3) is 0 Å². The Kier molecular flexibility index (Phi) is 82.9. The first-order chi connectivity index (χ1) is 63.6. The van der Waals surface area contributed by atoms with Crippen molar-refractivity contribution in [3.63, 3.8) is 0 Å². The molecule has 0 unspecified atom stereocenters. The molecule has 0 amide bonds. The van der Waals surface area contributed by atoms with Crippen molar-refractivity contribution in [2.75, 3.05) is 194 Å². The maximum absolute atomic E-state index is 8.59. The van der Waals surface area contributed by atoms with Gasteiger partial charge in [-0.3, -0.25) is 93.5 Å². The van der Waals surface area contributed by atoms with Crippen molar-refractivity contribution in [2.24, 2.45) is 0 Å². The molecule has 0 atom stereocenters. The van der Waals surface area contributed by atoms with E-state index in [0.29, 0.717) is 0 Å². The molecule has 0 spiro atoms. The van der Waals surface area contributed by atoms with Gasteiger partial charge >= 0.3 is 0 Å². The molecule has 0 aliphatic rings. The predicted octanol–water partition coefficient (Wildman–Crippen LogP) is 21.2. The van der Waals surface area contributed by atoms with Crippen LogP contribution in [0.4, 0.5) is 57.3 Å². The van der Waals surface area contributed by atoms with E-state index in [4.69, 9.17) is 10.5 Å². The quantitative estimate of drug-likeness (QED) is 0.0254. The lowest BCUT2D eigenvalue weighted by Crippen LogP contribution is -2.52. The first-order valence-electron chi connectivity index (χ1n) is 46.4. The zero-order valence-electron chi connectivity index (χ0n) is 90.2. The molecule has 8 heterocycles. The van der Waals surface area contributed by atoms with E-state index in [2.05, 4.69) is 281 Å². The van der Waals surface area contributed by atoms with Gasteiger partial charge in [0.2, 0.25) is 0 Å². The van der Waals surface area contributed by atoms with Gasteiger partial charge in [0, 0.05) is 84.7 Å². The van der Waals surface area contributed by atoms with E-state index in [-0.39, 0.29) is 37.7 Å². The first-order valence-corrected chi connectivity index (χ1v) is 46.4. The molecule has 0 aliphatic carbocycles. The fourth-order valence-electron chi connectivity index (χ4n) is 12.8. The van der Waals surface area contributed by atoms with Gasteiger partial charge in [-0.15, -0.1) is 0 Å². The summed E-state index contributed by atoms with van der Waals surface area (Å²) in [5.41, 5.74) is 7.61. The van der Waals surface area contributed by atoms with E-state index in [1.165, 1.54) is 0 Å². The van der Waals surface area contributed by atoms with E-state index in [0.717, 1.165) is 62.2 Å². The van der Waals surface area contributed by atoms with Crippen LogP contribution in [0, 0.1) is 22.9 Å². The number of aromatic nitrogens is 8. The third-order valence-electron chi connectivity index (χ3n) is 16.6. The Balaban J connectivity index is -0.000000348. The summed E-state index contributed by atoms with van der Waals surface area (Å²) in [5, 5.41) is 17.2. The molecule has 0 saturated heterocycles. The molecule has 736 valence electrons. The lowest BCUT2D eigenvalue weighted by molar-refractivity contribution is 0.0432. The number of nitrogens with zero attached hydrogens (tertiary/aromatic N) is 28. The van der Waals surface area contributed by atoms with Gasteiger partial charge in [0.05, 0.1) is 35.7 Å². The highest BCUT2D eigenvalue weighted by Gasteiger charge is 2.31. The zero-order chi connectivity index (χ0) is 102. The van der Waals surface area contributed by atoms with Gasteiger partial charge < -0.3 is 14.7 Å². The van der Waals surface area contributed by atoms with Crippen molar-refractivity contribution in [1.82, 2.24) is 104 Å². The van der Waals surface area contributed by atoms with Crippen LogP contribution in [0.2, 0.25) is 0 Å².